The highest BCUT2D eigenvalue weighted by atomic mass is 32.1. The Labute approximate surface area is 177 Å². The molecule has 1 aliphatic heterocycles. The Hall–Kier alpha value is -3.10. The predicted octanol–water partition coefficient (Wildman–Crippen LogP) is 3.16. The first-order valence-corrected chi connectivity index (χ1v) is 10.8. The molecule has 3 heterocycles. The van der Waals surface area contributed by atoms with E-state index in [1.54, 1.807) is 30.5 Å². The van der Waals surface area contributed by atoms with Crippen molar-refractivity contribution in [3.05, 3.63) is 69.6 Å². The summed E-state index contributed by atoms with van der Waals surface area (Å²) in [6, 6.07) is 15.4. The lowest BCUT2D eigenvalue weighted by Gasteiger charge is -2.23. The Balaban J connectivity index is 1.53. The Morgan fingerprint density at radius 2 is 1.93 bits per heavy atom. The highest BCUT2D eigenvalue weighted by molar-refractivity contribution is 7.18. The zero-order chi connectivity index (χ0) is 20.7. The zero-order valence-corrected chi connectivity index (χ0v) is 17.4. The van der Waals surface area contributed by atoms with Crippen LogP contribution in [0.4, 0.5) is 0 Å². The number of amides is 1. The molecule has 0 bridgehead atoms. The summed E-state index contributed by atoms with van der Waals surface area (Å²) >= 11 is 1.70. The van der Waals surface area contributed by atoms with Crippen molar-refractivity contribution in [2.45, 2.75) is 25.6 Å². The van der Waals surface area contributed by atoms with Crippen molar-refractivity contribution in [2.75, 3.05) is 13.6 Å². The number of para-hydroxylation sites is 1. The van der Waals surface area contributed by atoms with E-state index in [2.05, 4.69) is 21.4 Å². The molecule has 2 aromatic carbocycles. The summed E-state index contributed by atoms with van der Waals surface area (Å²) in [6.45, 7) is 1.19. The van der Waals surface area contributed by atoms with Gasteiger partial charge in [0.1, 0.15) is 5.01 Å². The van der Waals surface area contributed by atoms with Gasteiger partial charge in [-0.15, -0.1) is 11.3 Å². The SMILES string of the molecule is CNC(=O)c1nn(CN2CCCC2c2nc3ccccc3s2)c(=O)c2ccccc12. The molecule has 152 valence electrons. The maximum Gasteiger partial charge on any atom is 0.275 e. The average molecular weight is 420 g/mol. The third-order valence-corrected chi connectivity index (χ3v) is 6.72. The number of benzene rings is 2. The van der Waals surface area contributed by atoms with Gasteiger partial charge in [-0.05, 0) is 31.0 Å². The van der Waals surface area contributed by atoms with E-state index in [4.69, 9.17) is 4.98 Å². The van der Waals surface area contributed by atoms with Crippen LogP contribution in [0.2, 0.25) is 0 Å². The quantitative estimate of drug-likeness (QED) is 0.550. The van der Waals surface area contributed by atoms with Crippen LogP contribution < -0.4 is 10.9 Å². The lowest BCUT2D eigenvalue weighted by molar-refractivity contribution is 0.0955. The first-order valence-electron chi connectivity index (χ1n) is 9.97. The summed E-state index contributed by atoms with van der Waals surface area (Å²) in [7, 11) is 1.57. The first-order chi connectivity index (χ1) is 14.7. The lowest BCUT2D eigenvalue weighted by Crippen LogP contribution is -2.35. The summed E-state index contributed by atoms with van der Waals surface area (Å²) in [5.74, 6) is -0.302. The Morgan fingerprint density at radius 3 is 2.73 bits per heavy atom. The van der Waals surface area contributed by atoms with Gasteiger partial charge in [0.2, 0.25) is 0 Å². The molecule has 1 N–H and O–H groups in total. The number of carbonyl (C=O) groups excluding carboxylic acids is 1. The van der Waals surface area contributed by atoms with Crippen molar-refractivity contribution in [1.82, 2.24) is 25.0 Å². The van der Waals surface area contributed by atoms with Crippen molar-refractivity contribution in [1.29, 1.82) is 0 Å². The minimum absolute atomic E-state index is 0.144. The number of nitrogens with zero attached hydrogens (tertiary/aromatic N) is 4. The summed E-state index contributed by atoms with van der Waals surface area (Å²) in [5, 5.41) is 9.20. The number of hydrogen-bond donors (Lipinski definition) is 1. The first kappa shape index (κ1) is 18.9. The molecule has 8 heteroatoms. The van der Waals surface area contributed by atoms with E-state index in [1.807, 2.05) is 30.3 Å². The van der Waals surface area contributed by atoms with Crippen LogP contribution in [0.25, 0.3) is 21.0 Å². The second-order valence-electron chi connectivity index (χ2n) is 7.41. The van der Waals surface area contributed by atoms with Gasteiger partial charge >= 0.3 is 0 Å². The second kappa shape index (κ2) is 7.62. The van der Waals surface area contributed by atoms with Crippen LogP contribution in [-0.4, -0.2) is 39.2 Å². The molecule has 1 amide bonds. The monoisotopic (exact) mass is 419 g/mol. The normalized spacial score (nSPS) is 17.0. The summed E-state index contributed by atoms with van der Waals surface area (Å²) < 4.78 is 2.58. The van der Waals surface area contributed by atoms with Gasteiger partial charge in [0.25, 0.3) is 11.5 Å². The number of fused-ring (bicyclic) bond motifs is 2. The lowest BCUT2D eigenvalue weighted by atomic mass is 10.1. The van der Waals surface area contributed by atoms with Crippen molar-refractivity contribution in [2.24, 2.45) is 0 Å². The van der Waals surface area contributed by atoms with Gasteiger partial charge in [-0.2, -0.15) is 5.10 Å². The molecule has 1 unspecified atom stereocenters. The minimum Gasteiger partial charge on any atom is -0.354 e. The highest BCUT2D eigenvalue weighted by Gasteiger charge is 2.30. The number of nitrogens with one attached hydrogen (secondary N) is 1. The van der Waals surface area contributed by atoms with E-state index in [9.17, 15) is 9.59 Å². The van der Waals surface area contributed by atoms with Crippen LogP contribution in [0.5, 0.6) is 0 Å². The fourth-order valence-corrected chi connectivity index (χ4v) is 5.23. The summed E-state index contributed by atoms with van der Waals surface area (Å²) in [6.07, 6.45) is 2.02. The van der Waals surface area contributed by atoms with Crippen LogP contribution in [0.1, 0.15) is 34.4 Å². The molecular formula is C22H21N5O2S. The van der Waals surface area contributed by atoms with E-state index in [-0.39, 0.29) is 23.2 Å². The zero-order valence-electron chi connectivity index (χ0n) is 16.5. The van der Waals surface area contributed by atoms with Gasteiger partial charge in [-0.3, -0.25) is 14.5 Å². The molecule has 0 radical (unpaired) electrons. The maximum absolute atomic E-state index is 13.1. The topological polar surface area (TPSA) is 80.1 Å². The molecule has 4 aromatic rings. The standard InChI is InChI=1S/C22H21N5O2S/c1-23-20(28)19-14-7-2-3-8-15(14)22(29)27(25-19)13-26-12-6-10-17(26)21-24-16-9-4-5-11-18(16)30-21/h2-5,7-9,11,17H,6,10,12-13H2,1H3,(H,23,28). The van der Waals surface area contributed by atoms with E-state index in [0.717, 1.165) is 29.9 Å². The smallest absolute Gasteiger partial charge is 0.275 e. The van der Waals surface area contributed by atoms with Crippen LogP contribution in [0.15, 0.2) is 53.3 Å². The highest BCUT2D eigenvalue weighted by Crippen LogP contribution is 2.36. The van der Waals surface area contributed by atoms with Gasteiger partial charge in [-0.1, -0.05) is 30.3 Å². The van der Waals surface area contributed by atoms with E-state index in [1.165, 1.54) is 9.38 Å². The molecule has 0 spiro atoms. The molecule has 0 aliphatic carbocycles. The predicted molar refractivity (Wildman–Crippen MR) is 118 cm³/mol. The number of aromatic nitrogens is 3. The van der Waals surface area contributed by atoms with Crippen molar-refractivity contribution < 1.29 is 4.79 Å². The third kappa shape index (κ3) is 3.18. The van der Waals surface area contributed by atoms with Gasteiger partial charge in [0.15, 0.2) is 5.69 Å². The van der Waals surface area contributed by atoms with Gasteiger partial charge in [0.05, 0.1) is 28.3 Å². The van der Waals surface area contributed by atoms with Crippen molar-refractivity contribution in [3.8, 4) is 0 Å². The van der Waals surface area contributed by atoms with E-state index in [0.29, 0.717) is 17.4 Å². The van der Waals surface area contributed by atoms with Crippen molar-refractivity contribution >= 4 is 38.2 Å². The molecule has 1 saturated heterocycles. The van der Waals surface area contributed by atoms with Crippen molar-refractivity contribution in [3.63, 3.8) is 0 Å². The van der Waals surface area contributed by atoms with Gasteiger partial charge < -0.3 is 5.32 Å². The fourth-order valence-electron chi connectivity index (χ4n) is 4.10. The summed E-state index contributed by atoms with van der Waals surface area (Å²) in [4.78, 5) is 32.5. The summed E-state index contributed by atoms with van der Waals surface area (Å²) in [5.41, 5.74) is 1.09. The fraction of sp³-hybridized carbons (Fsp3) is 0.273. The molecular weight excluding hydrogens is 398 g/mol. The largest absolute Gasteiger partial charge is 0.354 e. The molecule has 1 atom stereocenters. The molecule has 1 aliphatic rings. The minimum atomic E-state index is -0.302. The average Bonchev–Trinajstić information content (AvgIpc) is 3.41. The molecule has 7 nitrogen and oxygen atoms in total. The maximum atomic E-state index is 13.1. The second-order valence-corrected chi connectivity index (χ2v) is 8.47. The Bertz CT molecular complexity index is 1280. The number of carbonyl (C=O) groups is 1. The van der Waals surface area contributed by atoms with Gasteiger partial charge in [0, 0.05) is 19.0 Å². The Morgan fingerprint density at radius 1 is 1.17 bits per heavy atom. The molecule has 5 rings (SSSR count). The number of likely N-dealkylation sites (tertiary alicyclic amines) is 1. The molecule has 2 aromatic heterocycles. The van der Waals surface area contributed by atoms with Crippen LogP contribution in [-0.2, 0) is 6.67 Å². The third-order valence-electron chi connectivity index (χ3n) is 5.58. The number of hydrogen-bond acceptors (Lipinski definition) is 6. The molecule has 0 saturated carbocycles. The van der Waals surface area contributed by atoms with E-state index < -0.39 is 0 Å². The number of rotatable bonds is 4. The van der Waals surface area contributed by atoms with E-state index >= 15 is 0 Å². The van der Waals surface area contributed by atoms with Crippen LogP contribution in [0.3, 0.4) is 0 Å². The molecule has 30 heavy (non-hydrogen) atoms. The molecule has 1 fully saturated rings. The van der Waals surface area contributed by atoms with Crippen LogP contribution >= 0.6 is 11.3 Å². The van der Waals surface area contributed by atoms with Crippen LogP contribution in [0, 0.1) is 0 Å². The van der Waals surface area contributed by atoms with Gasteiger partial charge in [-0.25, -0.2) is 9.67 Å². The number of thiazole rings is 1. The Kier molecular flexibility index (Phi) is 4.80.